The Labute approximate surface area is 147 Å². The molecular weight excluding hydrogens is 353 g/mol. The zero-order valence-electron chi connectivity index (χ0n) is 13.9. The molecule has 0 bridgehead atoms. The Morgan fingerprint density at radius 1 is 1.16 bits per heavy atom. The molecule has 25 heavy (non-hydrogen) atoms. The van der Waals surface area contributed by atoms with Crippen LogP contribution in [0.25, 0.3) is 0 Å². The van der Waals surface area contributed by atoms with E-state index in [1.807, 2.05) is 13.8 Å². The smallest absolute Gasteiger partial charge is 0.326 e. The standard InChI is InChI=1S/C17H17F3N2O2S/c1-4-14-9(2)7-15(25-14)16(24)22-13-6-5-11(21-10(3)23)8-12(13)17(18,19)20/h5-8H,4H2,1-3H3,(H,21,23)(H,22,24). The van der Waals surface area contributed by atoms with Crippen molar-refractivity contribution < 1.29 is 22.8 Å². The Morgan fingerprint density at radius 2 is 1.84 bits per heavy atom. The monoisotopic (exact) mass is 370 g/mol. The molecule has 134 valence electrons. The molecule has 0 aliphatic rings. The maximum Gasteiger partial charge on any atom is 0.418 e. The highest BCUT2D eigenvalue weighted by Crippen LogP contribution is 2.37. The van der Waals surface area contributed by atoms with Gasteiger partial charge in [0.2, 0.25) is 5.91 Å². The summed E-state index contributed by atoms with van der Waals surface area (Å²) < 4.78 is 39.8. The largest absolute Gasteiger partial charge is 0.418 e. The molecule has 2 rings (SSSR count). The molecule has 1 aromatic carbocycles. The molecule has 2 amide bonds. The van der Waals surface area contributed by atoms with Gasteiger partial charge in [0.05, 0.1) is 16.1 Å². The van der Waals surface area contributed by atoms with Gasteiger partial charge in [-0.05, 0) is 43.2 Å². The highest BCUT2D eigenvalue weighted by Gasteiger charge is 2.34. The Balaban J connectivity index is 2.34. The van der Waals surface area contributed by atoms with Crippen LogP contribution >= 0.6 is 11.3 Å². The summed E-state index contributed by atoms with van der Waals surface area (Å²) in [5, 5.41) is 4.62. The van der Waals surface area contributed by atoms with Gasteiger partial charge in [0.1, 0.15) is 0 Å². The summed E-state index contributed by atoms with van der Waals surface area (Å²) in [6.07, 6.45) is -3.92. The van der Waals surface area contributed by atoms with Crippen LogP contribution in [0.3, 0.4) is 0 Å². The molecule has 2 aromatic rings. The van der Waals surface area contributed by atoms with Crippen LogP contribution in [0.2, 0.25) is 0 Å². The summed E-state index contributed by atoms with van der Waals surface area (Å²) in [4.78, 5) is 24.7. The van der Waals surface area contributed by atoms with Crippen molar-refractivity contribution in [3.63, 3.8) is 0 Å². The first kappa shape index (κ1) is 19.0. The van der Waals surface area contributed by atoms with Gasteiger partial charge in [0, 0.05) is 17.5 Å². The predicted octanol–water partition coefficient (Wildman–Crippen LogP) is 4.85. The lowest BCUT2D eigenvalue weighted by Crippen LogP contribution is -2.16. The molecule has 0 radical (unpaired) electrons. The zero-order chi connectivity index (χ0) is 18.8. The fourth-order valence-corrected chi connectivity index (χ4v) is 3.34. The third kappa shape index (κ3) is 4.60. The third-order valence-corrected chi connectivity index (χ3v) is 4.84. The number of thiophene rings is 1. The Morgan fingerprint density at radius 3 is 2.36 bits per heavy atom. The van der Waals surface area contributed by atoms with E-state index in [-0.39, 0.29) is 11.4 Å². The van der Waals surface area contributed by atoms with Gasteiger partial charge in [-0.3, -0.25) is 9.59 Å². The fraction of sp³-hybridized carbons (Fsp3) is 0.294. The van der Waals surface area contributed by atoms with Gasteiger partial charge >= 0.3 is 6.18 Å². The molecule has 0 unspecified atom stereocenters. The van der Waals surface area contributed by atoms with E-state index in [4.69, 9.17) is 0 Å². The molecule has 8 heteroatoms. The quantitative estimate of drug-likeness (QED) is 0.808. The predicted molar refractivity (Wildman–Crippen MR) is 92.1 cm³/mol. The number of hydrogen-bond acceptors (Lipinski definition) is 3. The van der Waals surface area contributed by atoms with Crippen molar-refractivity contribution in [2.24, 2.45) is 0 Å². The molecular formula is C17H17F3N2O2S. The molecule has 0 spiro atoms. The van der Waals surface area contributed by atoms with E-state index >= 15 is 0 Å². The molecule has 0 aliphatic heterocycles. The highest BCUT2D eigenvalue weighted by molar-refractivity contribution is 7.14. The number of amides is 2. The van der Waals surface area contributed by atoms with Crippen molar-refractivity contribution in [1.82, 2.24) is 0 Å². The van der Waals surface area contributed by atoms with Crippen LogP contribution in [0.5, 0.6) is 0 Å². The van der Waals surface area contributed by atoms with E-state index in [9.17, 15) is 22.8 Å². The van der Waals surface area contributed by atoms with E-state index < -0.39 is 23.6 Å². The summed E-state index contributed by atoms with van der Waals surface area (Å²) in [6.45, 7) is 5.01. The molecule has 4 nitrogen and oxygen atoms in total. The lowest BCUT2D eigenvalue weighted by molar-refractivity contribution is -0.137. The lowest BCUT2D eigenvalue weighted by atomic mass is 10.1. The van der Waals surface area contributed by atoms with Gasteiger partial charge in [-0.25, -0.2) is 0 Å². The highest BCUT2D eigenvalue weighted by atomic mass is 32.1. The summed E-state index contributed by atoms with van der Waals surface area (Å²) in [7, 11) is 0. The first-order valence-electron chi connectivity index (χ1n) is 7.51. The number of carbonyl (C=O) groups is 2. The van der Waals surface area contributed by atoms with Gasteiger partial charge in [0.15, 0.2) is 0 Å². The molecule has 1 heterocycles. The normalized spacial score (nSPS) is 11.3. The number of nitrogens with one attached hydrogen (secondary N) is 2. The van der Waals surface area contributed by atoms with Crippen molar-refractivity contribution in [2.45, 2.75) is 33.4 Å². The summed E-state index contributed by atoms with van der Waals surface area (Å²) in [5.74, 6) is -1.07. The van der Waals surface area contributed by atoms with Crippen LogP contribution in [0, 0.1) is 6.92 Å². The first-order valence-corrected chi connectivity index (χ1v) is 8.33. The average Bonchev–Trinajstić information content (AvgIpc) is 2.88. The second-order valence-electron chi connectivity index (χ2n) is 5.46. The minimum Gasteiger partial charge on any atom is -0.326 e. The maximum absolute atomic E-state index is 13.3. The number of benzene rings is 1. The van der Waals surface area contributed by atoms with Crippen molar-refractivity contribution in [1.29, 1.82) is 0 Å². The third-order valence-electron chi connectivity index (χ3n) is 3.46. The van der Waals surface area contributed by atoms with Gasteiger partial charge in [0.25, 0.3) is 5.91 Å². The molecule has 0 saturated carbocycles. The second-order valence-corrected chi connectivity index (χ2v) is 6.60. The van der Waals surface area contributed by atoms with Crippen LogP contribution in [0.15, 0.2) is 24.3 Å². The van der Waals surface area contributed by atoms with Crippen molar-refractivity contribution >= 4 is 34.5 Å². The van der Waals surface area contributed by atoms with Crippen LogP contribution < -0.4 is 10.6 Å². The molecule has 0 aliphatic carbocycles. The van der Waals surface area contributed by atoms with E-state index in [1.54, 1.807) is 6.07 Å². The fourth-order valence-electron chi connectivity index (χ4n) is 2.34. The van der Waals surface area contributed by atoms with E-state index in [1.165, 1.54) is 24.3 Å². The van der Waals surface area contributed by atoms with Crippen LogP contribution in [-0.4, -0.2) is 11.8 Å². The SMILES string of the molecule is CCc1sc(C(=O)Nc2ccc(NC(C)=O)cc2C(F)(F)F)cc1C. The Bertz CT molecular complexity index is 813. The minimum absolute atomic E-state index is 0.0121. The van der Waals surface area contributed by atoms with Crippen molar-refractivity contribution in [3.8, 4) is 0 Å². The Kier molecular flexibility index (Phi) is 5.52. The lowest BCUT2D eigenvalue weighted by Gasteiger charge is -2.15. The van der Waals surface area contributed by atoms with E-state index in [0.717, 1.165) is 29.0 Å². The topological polar surface area (TPSA) is 58.2 Å². The molecule has 1 aromatic heterocycles. The number of rotatable bonds is 4. The number of aryl methyl sites for hydroxylation is 2. The van der Waals surface area contributed by atoms with Gasteiger partial charge < -0.3 is 10.6 Å². The van der Waals surface area contributed by atoms with Crippen LogP contribution in [0.4, 0.5) is 24.5 Å². The average molecular weight is 370 g/mol. The molecule has 0 saturated heterocycles. The van der Waals surface area contributed by atoms with Crippen molar-refractivity contribution in [2.75, 3.05) is 10.6 Å². The second kappa shape index (κ2) is 7.26. The number of alkyl halides is 3. The number of anilines is 2. The summed E-state index contributed by atoms with van der Waals surface area (Å²) in [5.41, 5.74) is -0.417. The van der Waals surface area contributed by atoms with Crippen LogP contribution in [-0.2, 0) is 17.4 Å². The number of carbonyl (C=O) groups excluding carboxylic acids is 2. The molecule has 2 N–H and O–H groups in total. The summed E-state index contributed by atoms with van der Waals surface area (Å²) in [6, 6.07) is 4.91. The van der Waals surface area contributed by atoms with Gasteiger partial charge in [-0.2, -0.15) is 13.2 Å². The first-order chi connectivity index (χ1) is 11.6. The molecule has 0 fully saturated rings. The van der Waals surface area contributed by atoms with Crippen molar-refractivity contribution in [3.05, 3.63) is 45.1 Å². The number of halogens is 3. The number of hydrogen-bond donors (Lipinski definition) is 2. The van der Waals surface area contributed by atoms with Crippen LogP contribution in [0.1, 0.15) is 39.5 Å². The molecule has 0 atom stereocenters. The minimum atomic E-state index is -4.67. The van der Waals surface area contributed by atoms with Gasteiger partial charge in [-0.1, -0.05) is 6.92 Å². The Hall–Kier alpha value is -2.35. The van der Waals surface area contributed by atoms with E-state index in [2.05, 4.69) is 10.6 Å². The maximum atomic E-state index is 13.3. The zero-order valence-corrected chi connectivity index (χ0v) is 14.7. The van der Waals surface area contributed by atoms with E-state index in [0.29, 0.717) is 4.88 Å². The summed E-state index contributed by atoms with van der Waals surface area (Å²) >= 11 is 1.26. The van der Waals surface area contributed by atoms with Gasteiger partial charge in [-0.15, -0.1) is 11.3 Å².